The molecule has 0 aliphatic rings. The second-order valence-electron chi connectivity index (χ2n) is 6.94. The molecule has 0 aliphatic carbocycles. The molecule has 0 saturated carbocycles. The standard InChI is InChI=1S/C24H25FN2O4S/c1-3-27(17-18-10-6-5-7-11-18)32(29,30)19-14-15-21(25)20(16-19)24(28)26-22-12-8-9-13-23(22)31-4-2/h5-16H,3-4,17H2,1-2H3,(H,26,28). The average Bonchev–Trinajstić information content (AvgIpc) is 2.79. The predicted molar refractivity (Wildman–Crippen MR) is 122 cm³/mol. The third-order valence-corrected chi connectivity index (χ3v) is 6.73. The maximum absolute atomic E-state index is 14.5. The number of carbonyl (C=O) groups is 1. The number of halogens is 1. The summed E-state index contributed by atoms with van der Waals surface area (Å²) in [7, 11) is -3.95. The third-order valence-electron chi connectivity index (χ3n) is 4.81. The molecule has 0 unspecified atom stereocenters. The van der Waals surface area contributed by atoms with Crippen molar-refractivity contribution in [2.45, 2.75) is 25.3 Å². The Kier molecular flexibility index (Phi) is 7.61. The number of nitrogens with one attached hydrogen (secondary N) is 1. The van der Waals surface area contributed by atoms with Gasteiger partial charge in [-0.05, 0) is 42.8 Å². The predicted octanol–water partition coefficient (Wildman–Crippen LogP) is 4.69. The van der Waals surface area contributed by atoms with Gasteiger partial charge in [-0.15, -0.1) is 0 Å². The van der Waals surface area contributed by atoms with Crippen LogP contribution in [0.3, 0.4) is 0 Å². The highest BCUT2D eigenvalue weighted by Gasteiger charge is 2.26. The minimum absolute atomic E-state index is 0.153. The monoisotopic (exact) mass is 456 g/mol. The van der Waals surface area contributed by atoms with Crippen LogP contribution in [0.2, 0.25) is 0 Å². The van der Waals surface area contributed by atoms with E-state index < -0.39 is 21.7 Å². The molecule has 0 bridgehead atoms. The van der Waals surface area contributed by atoms with Crippen molar-refractivity contribution in [1.82, 2.24) is 4.31 Å². The Labute approximate surface area is 187 Å². The maximum atomic E-state index is 14.5. The summed E-state index contributed by atoms with van der Waals surface area (Å²) in [6, 6.07) is 19.2. The van der Waals surface area contributed by atoms with Crippen LogP contribution in [0.5, 0.6) is 5.75 Å². The topological polar surface area (TPSA) is 75.7 Å². The molecule has 3 aromatic carbocycles. The average molecular weight is 457 g/mol. The van der Waals surface area contributed by atoms with Gasteiger partial charge in [-0.1, -0.05) is 49.4 Å². The quantitative estimate of drug-likeness (QED) is 0.507. The van der Waals surface area contributed by atoms with Gasteiger partial charge in [0.2, 0.25) is 10.0 Å². The Morgan fingerprint density at radius 2 is 1.69 bits per heavy atom. The van der Waals surface area contributed by atoms with Crippen LogP contribution in [-0.2, 0) is 16.6 Å². The minimum atomic E-state index is -3.95. The number of nitrogens with zero attached hydrogens (tertiary/aromatic N) is 1. The van der Waals surface area contributed by atoms with Crippen LogP contribution in [0.25, 0.3) is 0 Å². The summed E-state index contributed by atoms with van der Waals surface area (Å²) >= 11 is 0. The summed E-state index contributed by atoms with van der Waals surface area (Å²) in [5.41, 5.74) is 0.824. The molecular weight excluding hydrogens is 431 g/mol. The highest BCUT2D eigenvalue weighted by molar-refractivity contribution is 7.89. The highest BCUT2D eigenvalue weighted by Crippen LogP contribution is 2.26. The lowest BCUT2D eigenvalue weighted by atomic mass is 10.2. The van der Waals surface area contributed by atoms with Crippen LogP contribution < -0.4 is 10.1 Å². The van der Waals surface area contributed by atoms with Gasteiger partial charge in [-0.2, -0.15) is 4.31 Å². The molecule has 1 amide bonds. The second kappa shape index (κ2) is 10.4. The maximum Gasteiger partial charge on any atom is 0.258 e. The molecule has 8 heteroatoms. The Bertz CT molecular complexity index is 1180. The lowest BCUT2D eigenvalue weighted by molar-refractivity contribution is 0.102. The van der Waals surface area contributed by atoms with E-state index in [1.807, 2.05) is 37.3 Å². The van der Waals surface area contributed by atoms with Crippen LogP contribution in [-0.4, -0.2) is 31.8 Å². The van der Waals surface area contributed by atoms with E-state index in [0.29, 0.717) is 18.0 Å². The molecule has 3 aromatic rings. The smallest absolute Gasteiger partial charge is 0.258 e. The number of anilines is 1. The van der Waals surface area contributed by atoms with Crippen molar-refractivity contribution in [2.75, 3.05) is 18.5 Å². The molecule has 0 aromatic heterocycles. The first-order valence-corrected chi connectivity index (χ1v) is 11.7. The first-order valence-electron chi connectivity index (χ1n) is 10.2. The fraction of sp³-hybridized carbons (Fsp3) is 0.208. The Balaban J connectivity index is 1.89. The zero-order chi connectivity index (χ0) is 23.1. The number of amides is 1. The number of ether oxygens (including phenoxy) is 1. The van der Waals surface area contributed by atoms with Gasteiger partial charge >= 0.3 is 0 Å². The van der Waals surface area contributed by atoms with Crippen molar-refractivity contribution >= 4 is 21.6 Å². The Morgan fingerprint density at radius 3 is 2.38 bits per heavy atom. The number of para-hydroxylation sites is 2. The molecule has 0 fully saturated rings. The summed E-state index contributed by atoms with van der Waals surface area (Å²) in [6.45, 7) is 4.31. The number of hydrogen-bond donors (Lipinski definition) is 1. The molecule has 0 radical (unpaired) electrons. The van der Waals surface area contributed by atoms with Crippen LogP contribution >= 0.6 is 0 Å². The fourth-order valence-electron chi connectivity index (χ4n) is 3.18. The summed E-state index contributed by atoms with van der Waals surface area (Å²) in [4.78, 5) is 12.6. The van der Waals surface area contributed by atoms with Crippen molar-refractivity contribution in [3.63, 3.8) is 0 Å². The minimum Gasteiger partial charge on any atom is -0.492 e. The van der Waals surface area contributed by atoms with Crippen molar-refractivity contribution in [2.24, 2.45) is 0 Å². The lowest BCUT2D eigenvalue weighted by Crippen LogP contribution is -2.30. The molecule has 6 nitrogen and oxygen atoms in total. The molecule has 0 atom stereocenters. The Morgan fingerprint density at radius 1 is 1.00 bits per heavy atom. The van der Waals surface area contributed by atoms with Crippen molar-refractivity contribution in [3.05, 3.63) is 89.7 Å². The van der Waals surface area contributed by atoms with Gasteiger partial charge in [0, 0.05) is 13.1 Å². The number of sulfonamides is 1. The molecule has 1 N–H and O–H groups in total. The van der Waals surface area contributed by atoms with Crippen LogP contribution in [0, 0.1) is 5.82 Å². The van der Waals surface area contributed by atoms with E-state index in [1.165, 1.54) is 10.4 Å². The summed E-state index contributed by atoms with van der Waals surface area (Å²) in [5, 5.41) is 2.60. The third kappa shape index (κ3) is 5.33. The van der Waals surface area contributed by atoms with Gasteiger partial charge in [-0.3, -0.25) is 4.79 Å². The largest absolute Gasteiger partial charge is 0.492 e. The van der Waals surface area contributed by atoms with E-state index in [1.54, 1.807) is 31.2 Å². The van der Waals surface area contributed by atoms with E-state index in [0.717, 1.165) is 17.7 Å². The molecule has 168 valence electrons. The summed E-state index contributed by atoms with van der Waals surface area (Å²) in [5.74, 6) is -1.15. The zero-order valence-corrected chi connectivity index (χ0v) is 18.7. The van der Waals surface area contributed by atoms with E-state index in [-0.39, 0.29) is 23.5 Å². The first kappa shape index (κ1) is 23.4. The molecule has 0 saturated heterocycles. The van der Waals surface area contributed by atoms with Crippen molar-refractivity contribution in [1.29, 1.82) is 0 Å². The van der Waals surface area contributed by atoms with Gasteiger partial charge in [-0.25, -0.2) is 12.8 Å². The van der Waals surface area contributed by atoms with Crippen molar-refractivity contribution < 1.29 is 22.3 Å². The normalized spacial score (nSPS) is 11.4. The summed E-state index contributed by atoms with van der Waals surface area (Å²) in [6.07, 6.45) is 0. The second-order valence-corrected chi connectivity index (χ2v) is 8.88. The van der Waals surface area contributed by atoms with Crippen LogP contribution in [0.1, 0.15) is 29.8 Å². The number of carbonyl (C=O) groups excluding carboxylic acids is 1. The van der Waals surface area contributed by atoms with E-state index in [9.17, 15) is 17.6 Å². The molecule has 0 heterocycles. The summed E-state index contributed by atoms with van der Waals surface area (Å²) < 4.78 is 47.6. The Hall–Kier alpha value is -3.23. The molecule has 0 aliphatic heterocycles. The van der Waals surface area contributed by atoms with E-state index in [4.69, 9.17) is 4.74 Å². The lowest BCUT2D eigenvalue weighted by Gasteiger charge is -2.21. The molecule has 32 heavy (non-hydrogen) atoms. The van der Waals surface area contributed by atoms with Gasteiger partial charge in [0.05, 0.1) is 22.8 Å². The van der Waals surface area contributed by atoms with Gasteiger partial charge < -0.3 is 10.1 Å². The van der Waals surface area contributed by atoms with Crippen LogP contribution in [0.15, 0.2) is 77.7 Å². The highest BCUT2D eigenvalue weighted by atomic mass is 32.2. The number of rotatable bonds is 9. The molecular formula is C24H25FN2O4S. The zero-order valence-electron chi connectivity index (χ0n) is 17.9. The van der Waals surface area contributed by atoms with Gasteiger partial charge in [0.15, 0.2) is 0 Å². The first-order chi connectivity index (χ1) is 15.4. The van der Waals surface area contributed by atoms with Gasteiger partial charge in [0.1, 0.15) is 11.6 Å². The molecule has 3 rings (SSSR count). The van der Waals surface area contributed by atoms with Gasteiger partial charge in [0.25, 0.3) is 5.91 Å². The van der Waals surface area contributed by atoms with E-state index in [2.05, 4.69) is 5.32 Å². The number of hydrogen-bond acceptors (Lipinski definition) is 4. The fourth-order valence-corrected chi connectivity index (χ4v) is 4.65. The van der Waals surface area contributed by atoms with E-state index >= 15 is 0 Å². The molecule has 0 spiro atoms. The SMILES string of the molecule is CCOc1ccccc1NC(=O)c1cc(S(=O)(=O)N(CC)Cc2ccccc2)ccc1F. The van der Waals surface area contributed by atoms with Crippen LogP contribution in [0.4, 0.5) is 10.1 Å². The number of benzene rings is 3. The van der Waals surface area contributed by atoms with Crippen molar-refractivity contribution in [3.8, 4) is 5.75 Å².